The van der Waals surface area contributed by atoms with Crippen LogP contribution in [0.15, 0.2) is 47.1 Å². The van der Waals surface area contributed by atoms with Crippen molar-refractivity contribution in [1.82, 2.24) is 9.97 Å². The zero-order valence-electron chi connectivity index (χ0n) is 12.7. The fourth-order valence-corrected chi connectivity index (χ4v) is 2.25. The van der Waals surface area contributed by atoms with Crippen LogP contribution in [0.1, 0.15) is 27.6 Å². The number of aromatic nitrogens is 2. The summed E-state index contributed by atoms with van der Waals surface area (Å²) in [6, 6.07) is 5.23. The van der Waals surface area contributed by atoms with Gasteiger partial charge in [0.15, 0.2) is 10.9 Å². The molecule has 0 aliphatic carbocycles. The molecule has 0 amide bonds. The molecule has 0 spiro atoms. The third-order valence-corrected chi connectivity index (χ3v) is 3.49. The molecule has 1 aromatic heterocycles. The molecule has 124 valence electrons. The molecule has 0 bridgehead atoms. The first-order valence-electron chi connectivity index (χ1n) is 6.94. The van der Waals surface area contributed by atoms with Gasteiger partial charge >= 0.3 is 5.97 Å². The Bertz CT molecular complexity index is 779. The van der Waals surface area contributed by atoms with Crippen LogP contribution in [0.2, 0.25) is 0 Å². The molecule has 0 aliphatic rings. The van der Waals surface area contributed by atoms with E-state index in [1.54, 1.807) is 6.92 Å². The Morgan fingerprint density at radius 1 is 1.33 bits per heavy atom. The Balaban J connectivity index is 2.01. The zero-order valence-corrected chi connectivity index (χ0v) is 13.5. The summed E-state index contributed by atoms with van der Waals surface area (Å²) < 4.78 is 17.6. The van der Waals surface area contributed by atoms with E-state index in [2.05, 4.69) is 9.97 Å². The lowest BCUT2D eigenvalue weighted by atomic mass is 10.1. The van der Waals surface area contributed by atoms with Crippen LogP contribution in [-0.2, 0) is 4.74 Å². The first-order chi connectivity index (χ1) is 11.5. The third kappa shape index (κ3) is 4.63. The minimum atomic E-state index is -0.589. The number of carbonyl (C=O) groups is 2. The monoisotopic (exact) mass is 347 g/mol. The maximum absolute atomic E-state index is 12.8. The standard InChI is InChI=1S/C16H14FN3O3S/c1-2-23-15(22)12-9-19-16(20-14(12)18)24-8-7-13(21)10-3-5-11(17)6-4-10/h3-9H,2H2,1H3,(H2,18,19,20). The predicted molar refractivity (Wildman–Crippen MR) is 88.1 cm³/mol. The number of hydrogen-bond acceptors (Lipinski definition) is 7. The Labute approximate surface area is 141 Å². The fraction of sp³-hybridized carbons (Fsp3) is 0.125. The number of nitrogens with two attached hydrogens (primary N) is 1. The fourth-order valence-electron chi connectivity index (χ4n) is 1.67. The van der Waals surface area contributed by atoms with Gasteiger partial charge in [-0.3, -0.25) is 4.79 Å². The molecule has 0 unspecified atom stereocenters. The summed E-state index contributed by atoms with van der Waals surface area (Å²) in [5, 5.41) is 1.77. The van der Waals surface area contributed by atoms with Crippen LogP contribution in [0.25, 0.3) is 0 Å². The zero-order chi connectivity index (χ0) is 17.5. The highest BCUT2D eigenvalue weighted by Gasteiger charge is 2.13. The summed E-state index contributed by atoms with van der Waals surface area (Å²) in [6.07, 6.45) is 2.59. The Morgan fingerprint density at radius 2 is 2.04 bits per heavy atom. The lowest BCUT2D eigenvalue weighted by Crippen LogP contribution is -2.10. The first kappa shape index (κ1) is 17.6. The van der Waals surface area contributed by atoms with E-state index in [1.807, 2.05) is 0 Å². The molecule has 2 N–H and O–H groups in total. The molecule has 0 saturated heterocycles. The SMILES string of the molecule is CCOC(=O)c1cnc(SC=CC(=O)c2ccc(F)cc2)nc1N. The van der Waals surface area contributed by atoms with Crippen LogP contribution in [0.4, 0.5) is 10.2 Å². The van der Waals surface area contributed by atoms with Crippen LogP contribution < -0.4 is 5.73 Å². The van der Waals surface area contributed by atoms with Gasteiger partial charge in [0, 0.05) is 11.8 Å². The van der Waals surface area contributed by atoms with Crippen molar-refractivity contribution in [3.8, 4) is 0 Å². The van der Waals surface area contributed by atoms with Gasteiger partial charge in [-0.15, -0.1) is 0 Å². The van der Waals surface area contributed by atoms with Crippen molar-refractivity contribution < 1.29 is 18.7 Å². The minimum Gasteiger partial charge on any atom is -0.462 e. The van der Waals surface area contributed by atoms with E-state index in [0.29, 0.717) is 5.56 Å². The van der Waals surface area contributed by atoms with Crippen molar-refractivity contribution in [2.45, 2.75) is 12.1 Å². The maximum atomic E-state index is 12.8. The van der Waals surface area contributed by atoms with E-state index in [4.69, 9.17) is 10.5 Å². The van der Waals surface area contributed by atoms with Gasteiger partial charge in [-0.25, -0.2) is 19.2 Å². The number of anilines is 1. The summed E-state index contributed by atoms with van der Waals surface area (Å²) >= 11 is 1.06. The second kappa shape index (κ2) is 8.21. The topological polar surface area (TPSA) is 95.2 Å². The van der Waals surface area contributed by atoms with Crippen LogP contribution in [0.3, 0.4) is 0 Å². The largest absolute Gasteiger partial charge is 0.462 e. The van der Waals surface area contributed by atoms with Gasteiger partial charge in [0.05, 0.1) is 6.61 Å². The predicted octanol–water partition coefficient (Wildman–Crippen LogP) is 2.86. The van der Waals surface area contributed by atoms with Crippen molar-refractivity contribution in [1.29, 1.82) is 0 Å². The van der Waals surface area contributed by atoms with E-state index in [-0.39, 0.29) is 28.9 Å². The molecule has 2 rings (SSSR count). The van der Waals surface area contributed by atoms with Gasteiger partial charge in [-0.05, 0) is 42.7 Å². The van der Waals surface area contributed by atoms with Crippen molar-refractivity contribution in [2.75, 3.05) is 12.3 Å². The molecule has 6 nitrogen and oxygen atoms in total. The molecule has 8 heteroatoms. The second-order valence-electron chi connectivity index (χ2n) is 4.46. The average Bonchev–Trinajstić information content (AvgIpc) is 2.55. The highest BCUT2D eigenvalue weighted by molar-refractivity contribution is 8.02. The molecular weight excluding hydrogens is 333 g/mol. The van der Waals surface area contributed by atoms with Crippen molar-refractivity contribution in [2.24, 2.45) is 0 Å². The van der Waals surface area contributed by atoms with Crippen LogP contribution in [-0.4, -0.2) is 28.3 Å². The van der Waals surface area contributed by atoms with Crippen molar-refractivity contribution in [3.05, 3.63) is 58.9 Å². The Morgan fingerprint density at radius 3 is 2.67 bits per heavy atom. The normalized spacial score (nSPS) is 10.8. The maximum Gasteiger partial charge on any atom is 0.343 e. The molecule has 1 heterocycles. The minimum absolute atomic E-state index is 0.00390. The first-order valence-corrected chi connectivity index (χ1v) is 7.82. The molecule has 0 saturated carbocycles. The van der Waals surface area contributed by atoms with Gasteiger partial charge in [-0.2, -0.15) is 0 Å². The number of carbonyl (C=O) groups excluding carboxylic acids is 2. The lowest BCUT2D eigenvalue weighted by molar-refractivity contribution is 0.0526. The molecule has 0 fully saturated rings. The van der Waals surface area contributed by atoms with Gasteiger partial charge in [-0.1, -0.05) is 11.8 Å². The highest BCUT2D eigenvalue weighted by Crippen LogP contribution is 2.18. The van der Waals surface area contributed by atoms with Crippen LogP contribution in [0, 0.1) is 5.82 Å². The summed E-state index contributed by atoms with van der Waals surface area (Å²) in [5.74, 6) is -1.27. The van der Waals surface area contributed by atoms with E-state index in [1.165, 1.54) is 41.9 Å². The third-order valence-electron chi connectivity index (χ3n) is 2.81. The molecule has 24 heavy (non-hydrogen) atoms. The number of rotatable bonds is 6. The highest BCUT2D eigenvalue weighted by atomic mass is 32.2. The van der Waals surface area contributed by atoms with Gasteiger partial charge < -0.3 is 10.5 Å². The van der Waals surface area contributed by atoms with Crippen molar-refractivity contribution in [3.63, 3.8) is 0 Å². The smallest absolute Gasteiger partial charge is 0.343 e. The van der Waals surface area contributed by atoms with Gasteiger partial charge in [0.2, 0.25) is 0 Å². The summed E-state index contributed by atoms with van der Waals surface area (Å²) in [6.45, 7) is 1.91. The Hall–Kier alpha value is -2.74. The summed E-state index contributed by atoms with van der Waals surface area (Å²) in [5.41, 5.74) is 6.15. The van der Waals surface area contributed by atoms with E-state index < -0.39 is 11.8 Å². The molecular formula is C16H14FN3O3S. The number of nitrogens with zero attached hydrogens (tertiary/aromatic N) is 2. The van der Waals surface area contributed by atoms with E-state index in [9.17, 15) is 14.0 Å². The van der Waals surface area contributed by atoms with Crippen LogP contribution in [0.5, 0.6) is 0 Å². The quantitative estimate of drug-likeness (QED) is 0.282. The number of ether oxygens (including phenoxy) is 1. The average molecular weight is 347 g/mol. The summed E-state index contributed by atoms with van der Waals surface area (Å²) in [4.78, 5) is 31.4. The van der Waals surface area contributed by atoms with Crippen molar-refractivity contribution >= 4 is 29.3 Å². The number of halogens is 1. The molecule has 0 atom stereocenters. The van der Waals surface area contributed by atoms with Gasteiger partial charge in [0.1, 0.15) is 17.2 Å². The molecule has 0 aliphatic heterocycles. The van der Waals surface area contributed by atoms with Gasteiger partial charge in [0.25, 0.3) is 0 Å². The number of allylic oxidation sites excluding steroid dienone is 1. The molecule has 1 aromatic carbocycles. The van der Waals surface area contributed by atoms with Crippen LogP contribution >= 0.6 is 11.8 Å². The number of benzene rings is 1. The number of ketones is 1. The number of esters is 1. The molecule has 0 radical (unpaired) electrons. The number of thioether (sulfide) groups is 1. The lowest BCUT2D eigenvalue weighted by Gasteiger charge is -2.04. The molecule has 2 aromatic rings. The van der Waals surface area contributed by atoms with E-state index in [0.717, 1.165) is 11.8 Å². The number of nitrogen functional groups attached to an aromatic ring is 1. The Kier molecular flexibility index (Phi) is 6.02. The second-order valence-corrected chi connectivity index (χ2v) is 5.34. The number of hydrogen-bond donors (Lipinski definition) is 1. The summed E-state index contributed by atoms with van der Waals surface area (Å²) in [7, 11) is 0. The van der Waals surface area contributed by atoms with E-state index >= 15 is 0 Å².